The molecular weight excluding hydrogens is 249 g/mol. The van der Waals surface area contributed by atoms with Gasteiger partial charge >= 0.3 is 0 Å². The molecule has 5 nitrogen and oxygen atoms in total. The Bertz CT molecular complexity index is 269. The van der Waals surface area contributed by atoms with Crippen LogP contribution in [0.5, 0.6) is 0 Å². The van der Waals surface area contributed by atoms with Gasteiger partial charge in [-0.3, -0.25) is 0 Å². The van der Waals surface area contributed by atoms with Gasteiger partial charge in [-0.05, 0) is 27.7 Å². The molecule has 0 aliphatic rings. The Kier molecular flexibility index (Phi) is 9.83. The van der Waals surface area contributed by atoms with E-state index in [0.717, 1.165) is 0 Å². The summed E-state index contributed by atoms with van der Waals surface area (Å²) in [5, 5.41) is 17.1. The summed E-state index contributed by atoms with van der Waals surface area (Å²) < 4.78 is 13.4. The molecule has 0 fully saturated rings. The van der Waals surface area contributed by atoms with E-state index in [1.165, 1.54) is 0 Å². The molecular formula is C12H22N3O2P. The topological polar surface area (TPSA) is 69.3 Å². The summed E-state index contributed by atoms with van der Waals surface area (Å²) in [6, 6.07) is 4.68. The molecule has 102 valence electrons. The first-order chi connectivity index (χ1) is 8.54. The van der Waals surface area contributed by atoms with Crippen LogP contribution >= 0.6 is 8.53 Å². The summed E-state index contributed by atoms with van der Waals surface area (Å²) in [6.07, 6.45) is 0.703. The molecule has 0 rings (SSSR count). The van der Waals surface area contributed by atoms with Crippen LogP contribution < -0.4 is 0 Å². The van der Waals surface area contributed by atoms with Crippen molar-refractivity contribution in [3.8, 4) is 12.1 Å². The first-order valence-electron chi connectivity index (χ1n) is 6.12. The number of hydrogen-bond acceptors (Lipinski definition) is 5. The Morgan fingerprint density at radius 2 is 1.33 bits per heavy atom. The molecule has 0 N–H and O–H groups in total. The zero-order chi connectivity index (χ0) is 14.0. The van der Waals surface area contributed by atoms with Crippen molar-refractivity contribution in [2.45, 2.75) is 52.6 Å². The van der Waals surface area contributed by atoms with Crippen molar-refractivity contribution in [1.82, 2.24) is 4.67 Å². The van der Waals surface area contributed by atoms with Crippen LogP contribution in [0.4, 0.5) is 0 Å². The molecule has 0 heterocycles. The van der Waals surface area contributed by atoms with E-state index >= 15 is 0 Å². The highest BCUT2D eigenvalue weighted by atomic mass is 31.2. The molecule has 0 spiro atoms. The summed E-state index contributed by atoms with van der Waals surface area (Å²) in [7, 11) is -1.20. The fraction of sp³-hybridized carbons (Fsp3) is 0.833. The summed E-state index contributed by atoms with van der Waals surface area (Å²) in [6.45, 7) is 9.05. The molecule has 0 radical (unpaired) electrons. The van der Waals surface area contributed by atoms with Crippen LogP contribution in [0.15, 0.2) is 0 Å². The van der Waals surface area contributed by atoms with Crippen molar-refractivity contribution in [3.63, 3.8) is 0 Å². The van der Waals surface area contributed by atoms with Gasteiger partial charge in [-0.2, -0.15) is 10.5 Å². The normalized spacial score (nSPS) is 11.2. The Labute approximate surface area is 111 Å². The summed E-state index contributed by atoms with van der Waals surface area (Å²) in [5.41, 5.74) is 0. The molecule has 0 aliphatic heterocycles. The Morgan fingerprint density at radius 1 is 0.944 bits per heavy atom. The quantitative estimate of drug-likeness (QED) is 0.476. The third-order valence-electron chi connectivity index (χ3n) is 2.08. The lowest BCUT2D eigenvalue weighted by molar-refractivity contribution is 0.178. The van der Waals surface area contributed by atoms with Crippen LogP contribution in [0.2, 0.25) is 0 Å². The van der Waals surface area contributed by atoms with Gasteiger partial charge < -0.3 is 9.05 Å². The molecule has 0 unspecified atom stereocenters. The van der Waals surface area contributed by atoms with Crippen LogP contribution in [0.1, 0.15) is 40.5 Å². The zero-order valence-corrected chi connectivity index (χ0v) is 12.5. The average Bonchev–Trinajstić information content (AvgIpc) is 2.28. The van der Waals surface area contributed by atoms with Gasteiger partial charge in [0.05, 0.1) is 38.2 Å². The lowest BCUT2D eigenvalue weighted by atomic mass is 10.3. The second-order valence-corrected chi connectivity index (χ2v) is 5.74. The molecule has 0 saturated carbocycles. The number of nitriles is 2. The standard InChI is InChI=1S/C12H22N3O2P/c1-11(2)15(12(3)4)18(16-9-5-7-13)17-10-6-8-14/h11-12H,5-6,9-10H2,1-4H3. The molecule has 0 atom stereocenters. The molecule has 0 aromatic carbocycles. The van der Waals surface area contributed by atoms with Gasteiger partial charge in [0.25, 0.3) is 8.53 Å². The molecule has 0 amide bonds. The maximum atomic E-state index is 8.53. The lowest BCUT2D eigenvalue weighted by Crippen LogP contribution is -2.33. The van der Waals surface area contributed by atoms with Gasteiger partial charge in [0.15, 0.2) is 0 Å². The SMILES string of the molecule is CC(C)N(C(C)C)P(OCCC#N)OCCC#N. The van der Waals surface area contributed by atoms with Crippen molar-refractivity contribution in [1.29, 1.82) is 10.5 Å². The molecule has 0 bridgehead atoms. The van der Waals surface area contributed by atoms with Gasteiger partial charge in [0.2, 0.25) is 0 Å². The summed E-state index contributed by atoms with van der Waals surface area (Å²) in [5.74, 6) is 0. The minimum atomic E-state index is -1.20. The van der Waals surface area contributed by atoms with Crippen LogP contribution in [0.3, 0.4) is 0 Å². The molecule has 6 heteroatoms. The van der Waals surface area contributed by atoms with E-state index in [1.54, 1.807) is 0 Å². The smallest absolute Gasteiger partial charge is 0.259 e. The van der Waals surface area contributed by atoms with Crippen LogP contribution in [-0.4, -0.2) is 30.0 Å². The van der Waals surface area contributed by atoms with Gasteiger partial charge in [0, 0.05) is 12.1 Å². The second-order valence-electron chi connectivity index (χ2n) is 4.29. The maximum absolute atomic E-state index is 8.53. The second kappa shape index (κ2) is 10.2. The van der Waals surface area contributed by atoms with Crippen LogP contribution in [-0.2, 0) is 9.05 Å². The zero-order valence-electron chi connectivity index (χ0n) is 11.6. The predicted octanol–water partition coefficient (Wildman–Crippen LogP) is 3.19. The summed E-state index contributed by atoms with van der Waals surface area (Å²) >= 11 is 0. The Hall–Kier alpha value is -0.710. The largest absolute Gasteiger partial charge is 0.321 e. The van der Waals surface area contributed by atoms with Crippen molar-refractivity contribution in [2.75, 3.05) is 13.2 Å². The van der Waals surface area contributed by atoms with E-state index < -0.39 is 8.53 Å². The fourth-order valence-electron chi connectivity index (χ4n) is 1.48. The number of rotatable bonds is 9. The van der Waals surface area contributed by atoms with E-state index in [9.17, 15) is 0 Å². The first-order valence-corrected chi connectivity index (χ1v) is 7.25. The molecule has 0 aliphatic carbocycles. The van der Waals surface area contributed by atoms with Gasteiger partial charge in [-0.25, -0.2) is 4.67 Å². The molecule has 0 saturated heterocycles. The van der Waals surface area contributed by atoms with E-state index in [2.05, 4.69) is 32.4 Å². The lowest BCUT2D eigenvalue weighted by Gasteiger charge is -2.35. The van der Waals surface area contributed by atoms with E-state index in [4.69, 9.17) is 19.6 Å². The Morgan fingerprint density at radius 3 is 1.61 bits per heavy atom. The highest BCUT2D eigenvalue weighted by Gasteiger charge is 2.26. The van der Waals surface area contributed by atoms with Gasteiger partial charge in [-0.1, -0.05) is 0 Å². The van der Waals surface area contributed by atoms with Gasteiger partial charge in [-0.15, -0.1) is 0 Å². The highest BCUT2D eigenvalue weighted by Crippen LogP contribution is 2.45. The van der Waals surface area contributed by atoms with Crippen molar-refractivity contribution in [2.24, 2.45) is 0 Å². The minimum absolute atomic E-state index is 0.292. The van der Waals surface area contributed by atoms with E-state index in [1.807, 2.05) is 12.1 Å². The predicted molar refractivity (Wildman–Crippen MR) is 71.4 cm³/mol. The third kappa shape index (κ3) is 6.89. The van der Waals surface area contributed by atoms with Gasteiger partial charge in [0.1, 0.15) is 0 Å². The van der Waals surface area contributed by atoms with Crippen LogP contribution in [0.25, 0.3) is 0 Å². The van der Waals surface area contributed by atoms with E-state index in [-0.39, 0.29) is 0 Å². The highest BCUT2D eigenvalue weighted by molar-refractivity contribution is 7.44. The third-order valence-corrected chi connectivity index (χ3v) is 4.19. The molecule has 0 aromatic heterocycles. The average molecular weight is 271 g/mol. The number of hydrogen-bond donors (Lipinski definition) is 0. The van der Waals surface area contributed by atoms with Crippen molar-refractivity contribution in [3.05, 3.63) is 0 Å². The first kappa shape index (κ1) is 17.3. The van der Waals surface area contributed by atoms with Crippen molar-refractivity contribution < 1.29 is 9.05 Å². The monoisotopic (exact) mass is 271 g/mol. The number of nitrogens with zero attached hydrogens (tertiary/aromatic N) is 3. The molecule has 18 heavy (non-hydrogen) atoms. The van der Waals surface area contributed by atoms with Crippen LogP contribution in [0, 0.1) is 22.7 Å². The Balaban J connectivity index is 4.49. The summed E-state index contributed by atoms with van der Waals surface area (Å²) in [4.78, 5) is 0. The fourth-order valence-corrected chi connectivity index (χ4v) is 3.07. The molecule has 0 aromatic rings. The van der Waals surface area contributed by atoms with Crippen molar-refractivity contribution >= 4 is 8.53 Å². The van der Waals surface area contributed by atoms with E-state index in [0.29, 0.717) is 38.1 Å². The minimum Gasteiger partial charge on any atom is -0.321 e. The maximum Gasteiger partial charge on any atom is 0.259 e.